The van der Waals surface area contributed by atoms with Gasteiger partial charge < -0.3 is 4.74 Å². The standard InChI is InChI=1S/C10H11F4NO/c1-4-10(2,3)16-7-5(11)8(13)15-9(14)6(7)12/h4H2,1-3H3. The maximum atomic E-state index is 13.1. The average Bonchev–Trinajstić information content (AvgIpc) is 2.22. The lowest BCUT2D eigenvalue weighted by atomic mass is 10.1. The highest BCUT2D eigenvalue weighted by molar-refractivity contribution is 5.25. The highest BCUT2D eigenvalue weighted by Crippen LogP contribution is 2.29. The smallest absolute Gasteiger partial charge is 0.255 e. The van der Waals surface area contributed by atoms with Crippen molar-refractivity contribution in [2.24, 2.45) is 0 Å². The quantitative estimate of drug-likeness (QED) is 0.595. The molecule has 0 radical (unpaired) electrons. The Bertz CT molecular complexity index is 380. The first-order chi connectivity index (χ1) is 7.28. The van der Waals surface area contributed by atoms with Gasteiger partial charge in [-0.15, -0.1) is 0 Å². The molecule has 6 heteroatoms. The van der Waals surface area contributed by atoms with Gasteiger partial charge in [-0.25, -0.2) is 0 Å². The minimum Gasteiger partial charge on any atom is -0.482 e. The van der Waals surface area contributed by atoms with Crippen molar-refractivity contribution in [1.82, 2.24) is 4.98 Å². The van der Waals surface area contributed by atoms with Gasteiger partial charge in [0.15, 0.2) is 0 Å². The van der Waals surface area contributed by atoms with E-state index < -0.39 is 34.9 Å². The van der Waals surface area contributed by atoms with Crippen molar-refractivity contribution in [1.29, 1.82) is 0 Å². The maximum Gasteiger partial charge on any atom is 0.255 e. The van der Waals surface area contributed by atoms with Crippen LogP contribution in [0.5, 0.6) is 5.75 Å². The van der Waals surface area contributed by atoms with E-state index in [0.29, 0.717) is 6.42 Å². The van der Waals surface area contributed by atoms with Crippen LogP contribution in [0.4, 0.5) is 17.6 Å². The van der Waals surface area contributed by atoms with Crippen molar-refractivity contribution in [2.45, 2.75) is 32.8 Å². The van der Waals surface area contributed by atoms with Crippen molar-refractivity contribution >= 4 is 0 Å². The van der Waals surface area contributed by atoms with E-state index in [4.69, 9.17) is 4.74 Å². The number of hydrogen-bond donors (Lipinski definition) is 0. The number of hydrogen-bond acceptors (Lipinski definition) is 2. The second kappa shape index (κ2) is 4.27. The number of aromatic nitrogens is 1. The Balaban J connectivity index is 3.23. The molecule has 0 saturated carbocycles. The summed E-state index contributed by atoms with van der Waals surface area (Å²) in [7, 11) is 0. The third-order valence-electron chi connectivity index (χ3n) is 2.19. The Morgan fingerprint density at radius 3 is 1.88 bits per heavy atom. The first kappa shape index (κ1) is 12.7. The molecular formula is C10H11F4NO. The molecular weight excluding hydrogens is 226 g/mol. The van der Waals surface area contributed by atoms with E-state index in [-0.39, 0.29) is 0 Å². The Labute approximate surface area is 90.3 Å². The molecule has 0 bridgehead atoms. The second-order valence-corrected chi connectivity index (χ2v) is 3.87. The summed E-state index contributed by atoms with van der Waals surface area (Å²) in [5, 5.41) is 0. The molecule has 0 aliphatic carbocycles. The number of nitrogens with zero attached hydrogens (tertiary/aromatic N) is 1. The molecule has 0 saturated heterocycles. The van der Waals surface area contributed by atoms with Crippen LogP contribution < -0.4 is 4.74 Å². The minimum atomic E-state index is -1.72. The number of halogens is 4. The molecule has 1 rings (SSSR count). The van der Waals surface area contributed by atoms with E-state index in [1.165, 1.54) is 0 Å². The van der Waals surface area contributed by atoms with Gasteiger partial charge in [-0.2, -0.15) is 22.5 Å². The topological polar surface area (TPSA) is 22.1 Å². The highest BCUT2D eigenvalue weighted by Gasteiger charge is 2.27. The fraction of sp³-hybridized carbons (Fsp3) is 0.500. The lowest BCUT2D eigenvalue weighted by Crippen LogP contribution is -2.28. The van der Waals surface area contributed by atoms with Crippen molar-refractivity contribution in [3.05, 3.63) is 23.5 Å². The van der Waals surface area contributed by atoms with E-state index in [9.17, 15) is 17.6 Å². The third kappa shape index (κ3) is 2.43. The first-order valence-corrected chi connectivity index (χ1v) is 4.67. The summed E-state index contributed by atoms with van der Waals surface area (Å²) in [6, 6.07) is 0. The van der Waals surface area contributed by atoms with Gasteiger partial charge >= 0.3 is 0 Å². The van der Waals surface area contributed by atoms with Gasteiger partial charge in [0, 0.05) is 0 Å². The van der Waals surface area contributed by atoms with Gasteiger partial charge in [0.2, 0.25) is 17.4 Å². The van der Waals surface area contributed by atoms with Crippen molar-refractivity contribution < 1.29 is 22.3 Å². The van der Waals surface area contributed by atoms with Crippen LogP contribution in [0.15, 0.2) is 0 Å². The van der Waals surface area contributed by atoms with E-state index >= 15 is 0 Å². The maximum absolute atomic E-state index is 13.1. The Morgan fingerprint density at radius 2 is 1.50 bits per heavy atom. The molecule has 0 fully saturated rings. The molecule has 0 aliphatic rings. The van der Waals surface area contributed by atoms with Gasteiger partial charge in [0.05, 0.1) is 0 Å². The second-order valence-electron chi connectivity index (χ2n) is 3.87. The van der Waals surface area contributed by atoms with Crippen LogP contribution in [-0.2, 0) is 0 Å². The molecule has 2 nitrogen and oxygen atoms in total. The summed E-state index contributed by atoms with van der Waals surface area (Å²) < 4.78 is 56.6. The fourth-order valence-corrected chi connectivity index (χ4v) is 0.906. The molecule has 16 heavy (non-hydrogen) atoms. The Kier molecular flexibility index (Phi) is 3.40. The number of ether oxygens (including phenoxy) is 1. The van der Waals surface area contributed by atoms with Crippen LogP contribution in [0, 0.1) is 23.5 Å². The lowest BCUT2D eigenvalue weighted by Gasteiger charge is -2.25. The van der Waals surface area contributed by atoms with Crippen LogP contribution >= 0.6 is 0 Å². The molecule has 0 aliphatic heterocycles. The largest absolute Gasteiger partial charge is 0.482 e. The van der Waals surface area contributed by atoms with Crippen molar-refractivity contribution in [2.75, 3.05) is 0 Å². The highest BCUT2D eigenvalue weighted by atomic mass is 19.2. The zero-order valence-electron chi connectivity index (χ0n) is 9.07. The van der Waals surface area contributed by atoms with Crippen LogP contribution in [0.2, 0.25) is 0 Å². The summed E-state index contributed by atoms with van der Waals surface area (Å²) in [6.07, 6.45) is 0.414. The molecule has 0 amide bonds. The molecule has 1 aromatic rings. The van der Waals surface area contributed by atoms with Gasteiger partial charge in [-0.05, 0) is 20.3 Å². The van der Waals surface area contributed by atoms with E-state index in [1.54, 1.807) is 20.8 Å². The lowest BCUT2D eigenvalue weighted by molar-refractivity contribution is 0.0898. The van der Waals surface area contributed by atoms with Crippen LogP contribution in [0.1, 0.15) is 27.2 Å². The van der Waals surface area contributed by atoms with Crippen LogP contribution in [0.3, 0.4) is 0 Å². The third-order valence-corrected chi connectivity index (χ3v) is 2.19. The van der Waals surface area contributed by atoms with E-state index in [2.05, 4.69) is 4.98 Å². The molecule has 1 aromatic heterocycles. The fourth-order valence-electron chi connectivity index (χ4n) is 0.906. The molecule has 1 heterocycles. The SMILES string of the molecule is CCC(C)(C)Oc1c(F)c(F)nc(F)c1F. The van der Waals surface area contributed by atoms with Crippen molar-refractivity contribution in [3.63, 3.8) is 0 Å². The molecule has 0 N–H and O–H groups in total. The summed E-state index contributed by atoms with van der Waals surface area (Å²) >= 11 is 0. The van der Waals surface area contributed by atoms with Gasteiger partial charge in [0.25, 0.3) is 11.9 Å². The van der Waals surface area contributed by atoms with Crippen LogP contribution in [-0.4, -0.2) is 10.6 Å². The normalized spacial score (nSPS) is 11.7. The summed E-state index contributed by atoms with van der Waals surface area (Å²) in [5.74, 6) is -7.76. The summed E-state index contributed by atoms with van der Waals surface area (Å²) in [5.41, 5.74) is -0.929. The zero-order chi connectivity index (χ0) is 12.5. The van der Waals surface area contributed by atoms with Gasteiger partial charge in [-0.1, -0.05) is 6.92 Å². The van der Waals surface area contributed by atoms with Crippen molar-refractivity contribution in [3.8, 4) is 5.75 Å². The van der Waals surface area contributed by atoms with E-state index in [0.717, 1.165) is 0 Å². The first-order valence-electron chi connectivity index (χ1n) is 4.67. The number of pyridine rings is 1. The molecule has 0 spiro atoms. The van der Waals surface area contributed by atoms with Gasteiger partial charge in [-0.3, -0.25) is 0 Å². The minimum absolute atomic E-state index is 0.414. The summed E-state index contributed by atoms with van der Waals surface area (Å²) in [4.78, 5) is 2.43. The number of rotatable bonds is 3. The zero-order valence-corrected chi connectivity index (χ0v) is 9.07. The Hall–Kier alpha value is -1.33. The molecule has 90 valence electrons. The molecule has 0 atom stereocenters. The monoisotopic (exact) mass is 237 g/mol. The average molecular weight is 237 g/mol. The predicted octanol–water partition coefficient (Wildman–Crippen LogP) is 3.21. The predicted molar refractivity (Wildman–Crippen MR) is 49.1 cm³/mol. The van der Waals surface area contributed by atoms with Crippen LogP contribution in [0.25, 0.3) is 0 Å². The molecule has 0 unspecified atom stereocenters. The van der Waals surface area contributed by atoms with E-state index in [1.807, 2.05) is 0 Å². The Morgan fingerprint density at radius 1 is 1.06 bits per heavy atom. The summed E-state index contributed by atoms with van der Waals surface area (Å²) in [6.45, 7) is 4.80. The molecule has 0 aromatic carbocycles. The van der Waals surface area contributed by atoms with Gasteiger partial charge in [0.1, 0.15) is 5.60 Å².